The fourth-order valence-corrected chi connectivity index (χ4v) is 6.56. The van der Waals surface area contributed by atoms with Gasteiger partial charge in [-0.1, -0.05) is 84.9 Å². The third-order valence-electron chi connectivity index (χ3n) is 9.33. The normalized spacial score (nSPS) is 37.7. The van der Waals surface area contributed by atoms with Gasteiger partial charge >= 0.3 is 0 Å². The minimum absolute atomic E-state index is 0.354. The van der Waals surface area contributed by atoms with E-state index >= 15 is 0 Å². The SMILES string of the molecule is C=C1C(=CC=C2CCCC3(C)C2CCC3C(C)C=CC(C)C(C)(C)C)CCCC1C. The Morgan fingerprint density at radius 3 is 2.43 bits per heavy atom. The molecule has 0 aromatic heterocycles. The first-order chi connectivity index (χ1) is 14.0. The van der Waals surface area contributed by atoms with Crippen molar-refractivity contribution in [3.8, 4) is 0 Å². The summed E-state index contributed by atoms with van der Waals surface area (Å²) < 4.78 is 0. The maximum atomic E-state index is 4.40. The number of rotatable bonds is 4. The van der Waals surface area contributed by atoms with E-state index < -0.39 is 0 Å². The molecule has 6 unspecified atom stereocenters. The predicted molar refractivity (Wildman–Crippen MR) is 133 cm³/mol. The standard InChI is InChI=1S/C30H48/c1-21-11-9-12-25(24(21)4)16-17-26-13-10-20-30(8)27(18-19-28(26)30)22(2)14-15-23(3)29(5,6)7/h14-17,21-23,27-28H,4,9-13,18-20H2,1-3,5-8H3. The number of hydrogen-bond acceptors (Lipinski definition) is 0. The van der Waals surface area contributed by atoms with Crippen molar-refractivity contribution < 1.29 is 0 Å². The molecule has 0 N–H and O–H groups in total. The molecule has 3 fully saturated rings. The van der Waals surface area contributed by atoms with Crippen LogP contribution in [0.3, 0.4) is 0 Å². The van der Waals surface area contributed by atoms with E-state index in [1.807, 2.05) is 0 Å². The molecule has 0 heteroatoms. The molecule has 0 saturated heterocycles. The van der Waals surface area contributed by atoms with E-state index in [1.165, 1.54) is 62.5 Å². The maximum absolute atomic E-state index is 4.40. The summed E-state index contributed by atoms with van der Waals surface area (Å²) in [6.45, 7) is 21.3. The van der Waals surface area contributed by atoms with Gasteiger partial charge in [0.1, 0.15) is 0 Å². The lowest BCUT2D eigenvalue weighted by molar-refractivity contribution is 0.112. The molecule has 0 nitrogen and oxygen atoms in total. The average Bonchev–Trinajstić information content (AvgIpc) is 3.03. The number of hydrogen-bond donors (Lipinski definition) is 0. The molecule has 0 aromatic carbocycles. The summed E-state index contributed by atoms with van der Waals surface area (Å²) in [4.78, 5) is 0. The summed E-state index contributed by atoms with van der Waals surface area (Å²) in [7, 11) is 0. The Hall–Kier alpha value is -1.04. The molecule has 0 aliphatic heterocycles. The van der Waals surface area contributed by atoms with Crippen molar-refractivity contribution >= 4 is 0 Å². The number of allylic oxidation sites excluding steroid dienone is 7. The van der Waals surface area contributed by atoms with E-state index in [-0.39, 0.29) is 0 Å². The fraction of sp³-hybridized carbons (Fsp3) is 0.733. The zero-order valence-electron chi connectivity index (χ0n) is 21.1. The van der Waals surface area contributed by atoms with Crippen molar-refractivity contribution in [1.29, 1.82) is 0 Å². The van der Waals surface area contributed by atoms with Gasteiger partial charge in [-0.2, -0.15) is 0 Å². The zero-order valence-corrected chi connectivity index (χ0v) is 21.1. The van der Waals surface area contributed by atoms with Gasteiger partial charge in [0.2, 0.25) is 0 Å². The highest BCUT2D eigenvalue weighted by atomic mass is 14.5. The van der Waals surface area contributed by atoms with Crippen LogP contribution in [0.2, 0.25) is 0 Å². The lowest BCUT2D eigenvalue weighted by Crippen LogP contribution is -2.35. The molecular weight excluding hydrogens is 360 g/mol. The Morgan fingerprint density at radius 1 is 1.00 bits per heavy atom. The van der Waals surface area contributed by atoms with E-state index in [1.54, 1.807) is 5.57 Å². The molecule has 3 saturated carbocycles. The van der Waals surface area contributed by atoms with Crippen LogP contribution in [0.15, 0.2) is 47.6 Å². The number of fused-ring (bicyclic) bond motifs is 1. The van der Waals surface area contributed by atoms with Crippen LogP contribution in [-0.4, -0.2) is 0 Å². The van der Waals surface area contributed by atoms with E-state index in [9.17, 15) is 0 Å². The van der Waals surface area contributed by atoms with Crippen LogP contribution >= 0.6 is 0 Å². The monoisotopic (exact) mass is 408 g/mol. The van der Waals surface area contributed by atoms with Crippen molar-refractivity contribution in [3.05, 3.63) is 47.6 Å². The lowest BCUT2D eigenvalue weighted by atomic mass is 9.61. The summed E-state index contributed by atoms with van der Waals surface area (Å²) in [5.41, 5.74) is 5.49. The highest BCUT2D eigenvalue weighted by molar-refractivity contribution is 5.36. The van der Waals surface area contributed by atoms with Crippen LogP contribution in [-0.2, 0) is 0 Å². The van der Waals surface area contributed by atoms with Crippen LogP contribution in [0.1, 0.15) is 99.8 Å². The predicted octanol–water partition coefficient (Wildman–Crippen LogP) is 9.31. The zero-order chi connectivity index (χ0) is 22.1. The van der Waals surface area contributed by atoms with Crippen molar-refractivity contribution in [2.75, 3.05) is 0 Å². The first-order valence-corrected chi connectivity index (χ1v) is 12.8. The van der Waals surface area contributed by atoms with E-state index in [0.29, 0.717) is 28.6 Å². The van der Waals surface area contributed by atoms with Gasteiger partial charge in [-0.3, -0.25) is 0 Å². The molecule has 0 heterocycles. The summed E-state index contributed by atoms with van der Waals surface area (Å²) in [5, 5.41) is 0. The van der Waals surface area contributed by atoms with Crippen molar-refractivity contribution in [2.24, 2.45) is 40.4 Å². The van der Waals surface area contributed by atoms with Crippen molar-refractivity contribution in [2.45, 2.75) is 99.8 Å². The largest absolute Gasteiger partial charge is 0.0953 e. The van der Waals surface area contributed by atoms with Gasteiger partial charge in [0.25, 0.3) is 0 Å². The minimum Gasteiger partial charge on any atom is -0.0953 e. The Labute approximate surface area is 188 Å². The third kappa shape index (κ3) is 4.89. The van der Waals surface area contributed by atoms with E-state index in [2.05, 4.69) is 79.3 Å². The molecule has 6 atom stereocenters. The second kappa shape index (κ2) is 9.22. The topological polar surface area (TPSA) is 0 Å². The molecule has 30 heavy (non-hydrogen) atoms. The van der Waals surface area contributed by atoms with Crippen molar-refractivity contribution in [1.82, 2.24) is 0 Å². The Morgan fingerprint density at radius 2 is 1.73 bits per heavy atom. The smallest absolute Gasteiger partial charge is 0.0143 e. The molecule has 3 rings (SSSR count). The minimum atomic E-state index is 0.354. The average molecular weight is 409 g/mol. The van der Waals surface area contributed by atoms with Gasteiger partial charge in [0.15, 0.2) is 0 Å². The van der Waals surface area contributed by atoms with E-state index in [0.717, 1.165) is 11.8 Å². The molecule has 3 aliphatic rings. The van der Waals surface area contributed by atoms with Crippen LogP contribution < -0.4 is 0 Å². The molecule has 0 spiro atoms. The molecular formula is C30H48. The van der Waals surface area contributed by atoms with Gasteiger partial charge < -0.3 is 0 Å². The highest BCUT2D eigenvalue weighted by Gasteiger charge is 2.50. The lowest BCUT2D eigenvalue weighted by Gasteiger charge is -2.44. The Kier molecular flexibility index (Phi) is 7.26. The first kappa shape index (κ1) is 23.6. The summed E-state index contributed by atoms with van der Waals surface area (Å²) >= 11 is 0. The summed E-state index contributed by atoms with van der Waals surface area (Å²) in [5.74, 6) is 3.59. The second-order valence-electron chi connectivity index (χ2n) is 12.2. The van der Waals surface area contributed by atoms with E-state index in [4.69, 9.17) is 0 Å². The first-order valence-electron chi connectivity index (χ1n) is 12.8. The quantitative estimate of drug-likeness (QED) is 0.406. The van der Waals surface area contributed by atoms with Gasteiger partial charge in [0, 0.05) is 0 Å². The van der Waals surface area contributed by atoms with Gasteiger partial charge in [-0.25, -0.2) is 0 Å². The molecule has 0 aromatic rings. The Bertz CT molecular complexity index is 709. The molecule has 0 bridgehead atoms. The second-order valence-corrected chi connectivity index (χ2v) is 12.2. The molecule has 168 valence electrons. The third-order valence-corrected chi connectivity index (χ3v) is 9.33. The van der Waals surface area contributed by atoms with Crippen LogP contribution in [0.5, 0.6) is 0 Å². The van der Waals surface area contributed by atoms with Crippen molar-refractivity contribution in [3.63, 3.8) is 0 Å². The van der Waals surface area contributed by atoms with Gasteiger partial charge in [-0.15, -0.1) is 0 Å². The summed E-state index contributed by atoms with van der Waals surface area (Å²) in [6.07, 6.45) is 20.8. The highest BCUT2D eigenvalue weighted by Crippen LogP contribution is 2.59. The van der Waals surface area contributed by atoms with Crippen LogP contribution in [0, 0.1) is 40.4 Å². The van der Waals surface area contributed by atoms with Gasteiger partial charge in [-0.05, 0) is 103 Å². The molecule has 0 amide bonds. The Balaban J connectivity index is 1.75. The summed E-state index contributed by atoms with van der Waals surface area (Å²) in [6, 6.07) is 0. The molecule has 0 radical (unpaired) electrons. The fourth-order valence-electron chi connectivity index (χ4n) is 6.56. The maximum Gasteiger partial charge on any atom is -0.0143 e. The van der Waals surface area contributed by atoms with Crippen LogP contribution in [0.4, 0.5) is 0 Å². The van der Waals surface area contributed by atoms with Crippen LogP contribution in [0.25, 0.3) is 0 Å². The molecule has 3 aliphatic carbocycles. The van der Waals surface area contributed by atoms with Gasteiger partial charge in [0.05, 0.1) is 0 Å².